The molecule has 0 saturated carbocycles. The third kappa shape index (κ3) is 7.69. The first-order valence-corrected chi connectivity index (χ1v) is 25.2. The first kappa shape index (κ1) is 43.5. The van der Waals surface area contributed by atoms with Crippen LogP contribution in [0.3, 0.4) is 0 Å². The van der Waals surface area contributed by atoms with Crippen LogP contribution in [-0.4, -0.2) is 0 Å². The van der Waals surface area contributed by atoms with Gasteiger partial charge >= 0.3 is 0 Å². The summed E-state index contributed by atoms with van der Waals surface area (Å²) in [6, 6.07) is 111. The molecule has 1 aliphatic rings. The van der Waals surface area contributed by atoms with Gasteiger partial charge in [-0.3, -0.25) is 0 Å². The molecule has 12 aromatic rings. The van der Waals surface area contributed by atoms with E-state index in [-0.39, 0.29) is 0 Å². The minimum atomic E-state index is -0.529. The molecule has 13 rings (SSSR count). The van der Waals surface area contributed by atoms with Gasteiger partial charge in [0, 0.05) is 34.0 Å². The number of fused-ring (bicyclic) bond motifs is 4. The van der Waals surface area contributed by atoms with Crippen molar-refractivity contribution in [1.29, 1.82) is 0 Å². The maximum Gasteiger partial charge on any atom is 0.0714 e. The molecule has 0 N–H and O–H groups in total. The van der Waals surface area contributed by atoms with Gasteiger partial charge in [0.15, 0.2) is 0 Å². The van der Waals surface area contributed by atoms with Gasteiger partial charge in [-0.25, -0.2) is 0 Å². The number of rotatable bonds is 11. The lowest BCUT2D eigenvalue weighted by Gasteiger charge is -2.35. The predicted octanol–water partition coefficient (Wildman–Crippen LogP) is 19.1. The summed E-state index contributed by atoms with van der Waals surface area (Å²) in [6.07, 6.45) is 0. The number of hydrogen-bond donors (Lipinski definition) is 0. The van der Waals surface area contributed by atoms with E-state index < -0.39 is 5.41 Å². The van der Waals surface area contributed by atoms with Gasteiger partial charge < -0.3 is 9.80 Å². The summed E-state index contributed by atoms with van der Waals surface area (Å²) in [4.78, 5) is 4.82. The highest BCUT2D eigenvalue weighted by Crippen LogP contribution is 2.57. The van der Waals surface area contributed by atoms with Crippen molar-refractivity contribution in [2.24, 2.45) is 0 Å². The fraction of sp³-hybridized carbons (Fsp3) is 0.0141. The van der Waals surface area contributed by atoms with E-state index in [2.05, 4.69) is 313 Å². The molecule has 0 spiro atoms. The molecule has 0 aromatic heterocycles. The van der Waals surface area contributed by atoms with Crippen molar-refractivity contribution in [3.63, 3.8) is 0 Å². The lowest BCUT2D eigenvalue weighted by molar-refractivity contribution is 0.768. The molecule has 0 atom stereocenters. The van der Waals surface area contributed by atoms with Crippen LogP contribution < -0.4 is 9.80 Å². The molecule has 344 valence electrons. The summed E-state index contributed by atoms with van der Waals surface area (Å²) < 4.78 is 0. The Hall–Kier alpha value is -9.50. The zero-order chi connectivity index (χ0) is 48.6. The number of hydrogen-bond acceptors (Lipinski definition) is 2. The Balaban J connectivity index is 0.947. The van der Waals surface area contributed by atoms with Crippen LogP contribution in [0.4, 0.5) is 34.1 Å². The van der Waals surface area contributed by atoms with Crippen LogP contribution >= 0.6 is 0 Å². The van der Waals surface area contributed by atoms with Crippen molar-refractivity contribution >= 4 is 44.9 Å². The van der Waals surface area contributed by atoms with Gasteiger partial charge in [0.25, 0.3) is 0 Å². The summed E-state index contributed by atoms with van der Waals surface area (Å²) in [5.74, 6) is 0. The predicted molar refractivity (Wildman–Crippen MR) is 307 cm³/mol. The quantitative estimate of drug-likeness (QED) is 0.128. The molecule has 0 aliphatic heterocycles. The fourth-order valence-electron chi connectivity index (χ4n) is 11.4. The number of benzene rings is 12. The second-order valence-corrected chi connectivity index (χ2v) is 18.8. The van der Waals surface area contributed by atoms with Gasteiger partial charge in [-0.05, 0) is 139 Å². The minimum Gasteiger partial charge on any atom is -0.310 e. The Labute approximate surface area is 428 Å². The average Bonchev–Trinajstić information content (AvgIpc) is 3.78. The Kier molecular flexibility index (Phi) is 11.1. The molecule has 0 fully saturated rings. The van der Waals surface area contributed by atoms with E-state index in [0.717, 1.165) is 45.3 Å². The minimum absolute atomic E-state index is 0.529. The van der Waals surface area contributed by atoms with Crippen LogP contribution in [0.15, 0.2) is 303 Å². The second-order valence-electron chi connectivity index (χ2n) is 18.8. The number of anilines is 6. The van der Waals surface area contributed by atoms with E-state index in [0.29, 0.717) is 0 Å². The van der Waals surface area contributed by atoms with Crippen LogP contribution in [0, 0.1) is 0 Å². The summed E-state index contributed by atoms with van der Waals surface area (Å²) in [5, 5.41) is 2.43. The maximum absolute atomic E-state index is 2.45. The Morgan fingerprint density at radius 2 is 0.699 bits per heavy atom. The van der Waals surface area contributed by atoms with Crippen LogP contribution in [0.25, 0.3) is 55.3 Å². The zero-order valence-corrected chi connectivity index (χ0v) is 40.3. The van der Waals surface area contributed by atoms with Gasteiger partial charge in [-0.2, -0.15) is 0 Å². The highest BCUT2D eigenvalue weighted by molar-refractivity contribution is 6.05. The normalized spacial score (nSPS) is 12.2. The average molecular weight is 931 g/mol. The summed E-state index contributed by atoms with van der Waals surface area (Å²) in [7, 11) is 0. The van der Waals surface area contributed by atoms with Crippen molar-refractivity contribution in [3.05, 3.63) is 326 Å². The molecule has 0 amide bonds. The SMILES string of the molecule is c1ccc(-c2ccc(N(c3cccc(-c4ccc(N(c5ccccc5)c5ccc6ccccc6c5-c5ccccc5)cc4)c3)c3ccc4c(c3)C(c3ccccc3)(c3ccccc3)c3ccccc3-4)cc2)cc1. The van der Waals surface area contributed by atoms with E-state index in [1.165, 1.54) is 66.4 Å². The Bertz CT molecular complexity index is 3830. The van der Waals surface area contributed by atoms with Crippen LogP contribution in [-0.2, 0) is 5.41 Å². The first-order valence-electron chi connectivity index (χ1n) is 25.2. The molecule has 0 radical (unpaired) electrons. The van der Waals surface area contributed by atoms with Crippen LogP contribution in [0.1, 0.15) is 22.3 Å². The molecule has 0 bridgehead atoms. The molecular weight excluding hydrogens is 881 g/mol. The standard InChI is InChI=1S/C71H50N2/c1-6-21-51(22-7-1)52-37-42-60(43-38-52)72(63-46-47-66-65-35-18-19-36-67(65)71(68(66)50-63,57-27-10-3-11-28-57)58-29-12-4-13-30-58)62-33-20-26-56(49-62)53-39-44-61(45-40-53)73(59-31-14-5-15-32-59)69-48-41-54-23-16-17-34-64(54)70(69)55-24-8-2-9-25-55/h1-50H. The second kappa shape index (κ2) is 18.7. The van der Waals surface area contributed by atoms with Gasteiger partial charge in [0.05, 0.1) is 11.1 Å². The molecule has 0 unspecified atom stereocenters. The van der Waals surface area contributed by atoms with Gasteiger partial charge in [-0.1, -0.05) is 237 Å². The third-order valence-electron chi connectivity index (χ3n) is 14.7. The molecule has 73 heavy (non-hydrogen) atoms. The maximum atomic E-state index is 2.45. The van der Waals surface area contributed by atoms with Gasteiger partial charge in [0.2, 0.25) is 0 Å². The first-order chi connectivity index (χ1) is 36.2. The van der Waals surface area contributed by atoms with E-state index in [1.54, 1.807) is 0 Å². The summed E-state index contributed by atoms with van der Waals surface area (Å²) >= 11 is 0. The smallest absolute Gasteiger partial charge is 0.0714 e. The molecule has 0 saturated heterocycles. The Morgan fingerprint density at radius 1 is 0.247 bits per heavy atom. The summed E-state index contributed by atoms with van der Waals surface area (Å²) in [6.45, 7) is 0. The van der Waals surface area contributed by atoms with Crippen LogP contribution in [0.2, 0.25) is 0 Å². The number of nitrogens with zero attached hydrogens (tertiary/aromatic N) is 2. The third-order valence-corrected chi connectivity index (χ3v) is 14.7. The summed E-state index contributed by atoms with van der Waals surface area (Å²) in [5.41, 5.74) is 20.6. The van der Waals surface area contributed by atoms with Gasteiger partial charge in [-0.15, -0.1) is 0 Å². The number of para-hydroxylation sites is 1. The molecule has 0 heterocycles. The van der Waals surface area contributed by atoms with Crippen molar-refractivity contribution in [2.45, 2.75) is 5.41 Å². The van der Waals surface area contributed by atoms with Crippen molar-refractivity contribution in [2.75, 3.05) is 9.80 Å². The molecule has 12 aromatic carbocycles. The fourth-order valence-corrected chi connectivity index (χ4v) is 11.4. The van der Waals surface area contributed by atoms with E-state index in [4.69, 9.17) is 0 Å². The lowest BCUT2D eigenvalue weighted by Crippen LogP contribution is -2.28. The van der Waals surface area contributed by atoms with E-state index in [9.17, 15) is 0 Å². The van der Waals surface area contributed by atoms with E-state index in [1.807, 2.05) is 0 Å². The highest BCUT2D eigenvalue weighted by Gasteiger charge is 2.46. The molecular formula is C71H50N2. The van der Waals surface area contributed by atoms with Crippen molar-refractivity contribution < 1.29 is 0 Å². The Morgan fingerprint density at radius 3 is 1.37 bits per heavy atom. The van der Waals surface area contributed by atoms with Crippen molar-refractivity contribution in [3.8, 4) is 44.5 Å². The highest BCUT2D eigenvalue weighted by atomic mass is 15.1. The van der Waals surface area contributed by atoms with Gasteiger partial charge in [0.1, 0.15) is 0 Å². The van der Waals surface area contributed by atoms with E-state index >= 15 is 0 Å². The molecule has 2 heteroatoms. The lowest BCUT2D eigenvalue weighted by atomic mass is 9.67. The topological polar surface area (TPSA) is 6.48 Å². The van der Waals surface area contributed by atoms with Crippen molar-refractivity contribution in [1.82, 2.24) is 0 Å². The molecule has 1 aliphatic carbocycles. The zero-order valence-electron chi connectivity index (χ0n) is 40.3. The largest absolute Gasteiger partial charge is 0.310 e. The monoisotopic (exact) mass is 930 g/mol. The molecule has 2 nitrogen and oxygen atoms in total. The van der Waals surface area contributed by atoms with Crippen LogP contribution in [0.5, 0.6) is 0 Å².